The largest absolute Gasteiger partial charge is 0.494 e. The van der Waals surface area contributed by atoms with E-state index in [-0.39, 0.29) is 19.7 Å². The third kappa shape index (κ3) is 6.52. The Morgan fingerprint density at radius 1 is 1.08 bits per heavy atom. The topological polar surface area (TPSA) is 86.3 Å². The van der Waals surface area contributed by atoms with Crippen LogP contribution < -0.4 is 10.8 Å². The van der Waals surface area contributed by atoms with Crippen LogP contribution in [0, 0.1) is 0 Å². The standard InChI is InChI=1S/C24H34BF3N2O6/c1-21(2,3)34-20(32)29-12-17-13-30(19(31)24(26,27)28)18(14-33-17)15-8-10-16(11-9-15)25-35-22(4,5)23(6,7)36-25/h8-11,17-18H,12-14H2,1-7H3,(H,29,32)/t17-,18?/m0/s1. The van der Waals surface area contributed by atoms with E-state index in [0.29, 0.717) is 11.0 Å². The summed E-state index contributed by atoms with van der Waals surface area (Å²) in [6.45, 7) is 12.2. The van der Waals surface area contributed by atoms with Crippen LogP contribution in [0.15, 0.2) is 24.3 Å². The fraction of sp³-hybridized carbons (Fsp3) is 0.667. The Hall–Kier alpha value is -2.31. The molecule has 2 aliphatic heterocycles. The molecule has 2 aliphatic rings. The summed E-state index contributed by atoms with van der Waals surface area (Å²) >= 11 is 0. The van der Waals surface area contributed by atoms with E-state index >= 15 is 0 Å². The maximum Gasteiger partial charge on any atom is 0.494 e. The molecule has 0 aliphatic carbocycles. The first-order chi connectivity index (χ1) is 16.4. The van der Waals surface area contributed by atoms with Crippen molar-refractivity contribution in [3.8, 4) is 0 Å². The number of ether oxygens (including phenoxy) is 2. The predicted molar refractivity (Wildman–Crippen MR) is 127 cm³/mol. The van der Waals surface area contributed by atoms with Crippen molar-refractivity contribution in [2.24, 2.45) is 0 Å². The van der Waals surface area contributed by atoms with Crippen molar-refractivity contribution in [2.75, 3.05) is 19.7 Å². The molecule has 12 heteroatoms. The van der Waals surface area contributed by atoms with Crippen LogP contribution in [-0.4, -0.2) is 72.8 Å². The maximum atomic E-state index is 13.4. The van der Waals surface area contributed by atoms with Crippen LogP contribution in [-0.2, 0) is 23.6 Å². The van der Waals surface area contributed by atoms with Gasteiger partial charge in [-0.1, -0.05) is 24.3 Å². The van der Waals surface area contributed by atoms with Crippen LogP contribution in [0.3, 0.4) is 0 Å². The molecule has 200 valence electrons. The number of morpholine rings is 1. The summed E-state index contributed by atoms with van der Waals surface area (Å²) in [6, 6.07) is 5.76. The van der Waals surface area contributed by atoms with E-state index in [4.69, 9.17) is 18.8 Å². The number of hydrogen-bond acceptors (Lipinski definition) is 6. The van der Waals surface area contributed by atoms with Gasteiger partial charge in [0.25, 0.3) is 0 Å². The Labute approximate surface area is 209 Å². The highest BCUT2D eigenvalue weighted by Crippen LogP contribution is 2.37. The predicted octanol–water partition coefficient (Wildman–Crippen LogP) is 3.34. The Kier molecular flexibility index (Phi) is 7.75. The van der Waals surface area contributed by atoms with Crippen molar-refractivity contribution in [3.63, 3.8) is 0 Å². The SMILES string of the molecule is CC(C)(C)OC(=O)NC[C@H]1CN(C(=O)C(F)(F)F)C(c2ccc(B3OC(C)(C)C(C)(C)O3)cc2)CO1. The summed E-state index contributed by atoms with van der Waals surface area (Å²) < 4.78 is 63.1. The Morgan fingerprint density at radius 3 is 2.14 bits per heavy atom. The summed E-state index contributed by atoms with van der Waals surface area (Å²) in [5.41, 5.74) is -0.612. The lowest BCUT2D eigenvalue weighted by molar-refractivity contribution is -0.196. The molecule has 2 saturated heterocycles. The number of halogens is 3. The van der Waals surface area contributed by atoms with Gasteiger partial charge in [0.05, 0.1) is 30.0 Å². The highest BCUT2D eigenvalue weighted by atomic mass is 19.4. The lowest BCUT2D eigenvalue weighted by Crippen LogP contribution is -2.54. The van der Waals surface area contributed by atoms with E-state index in [9.17, 15) is 22.8 Å². The van der Waals surface area contributed by atoms with E-state index < -0.39 is 54.2 Å². The van der Waals surface area contributed by atoms with Gasteiger partial charge >= 0.3 is 25.3 Å². The zero-order valence-electron chi connectivity index (χ0n) is 21.7. The van der Waals surface area contributed by atoms with Gasteiger partial charge < -0.3 is 29.0 Å². The monoisotopic (exact) mass is 514 g/mol. The first-order valence-corrected chi connectivity index (χ1v) is 11.8. The fourth-order valence-electron chi connectivity index (χ4n) is 3.87. The van der Waals surface area contributed by atoms with E-state index in [2.05, 4.69) is 5.32 Å². The molecule has 36 heavy (non-hydrogen) atoms. The van der Waals surface area contributed by atoms with Crippen molar-refractivity contribution in [1.82, 2.24) is 10.2 Å². The summed E-state index contributed by atoms with van der Waals surface area (Å²) in [4.78, 5) is 24.9. The summed E-state index contributed by atoms with van der Waals surface area (Å²) in [7, 11) is -0.622. The average Bonchev–Trinajstić information content (AvgIpc) is 2.97. The van der Waals surface area contributed by atoms with Crippen LogP contribution in [0.1, 0.15) is 60.1 Å². The lowest BCUT2D eigenvalue weighted by atomic mass is 9.78. The van der Waals surface area contributed by atoms with Gasteiger partial charge in [0.15, 0.2) is 0 Å². The second kappa shape index (κ2) is 9.87. The second-order valence-electron chi connectivity index (χ2n) is 11.1. The van der Waals surface area contributed by atoms with Gasteiger partial charge in [-0.05, 0) is 59.5 Å². The van der Waals surface area contributed by atoms with Gasteiger partial charge in [0.1, 0.15) is 5.60 Å². The molecule has 8 nitrogen and oxygen atoms in total. The van der Waals surface area contributed by atoms with Crippen molar-refractivity contribution in [1.29, 1.82) is 0 Å². The second-order valence-corrected chi connectivity index (χ2v) is 11.1. The molecule has 2 fully saturated rings. The van der Waals surface area contributed by atoms with Crippen LogP contribution in [0.25, 0.3) is 0 Å². The molecule has 2 amide bonds. The van der Waals surface area contributed by atoms with E-state index in [0.717, 1.165) is 4.90 Å². The zero-order valence-corrected chi connectivity index (χ0v) is 21.7. The molecule has 0 spiro atoms. The molecule has 1 aromatic rings. The number of hydrogen-bond donors (Lipinski definition) is 1. The Balaban J connectivity index is 1.73. The maximum absolute atomic E-state index is 13.4. The van der Waals surface area contributed by atoms with Gasteiger partial charge in [0, 0.05) is 13.1 Å². The minimum Gasteiger partial charge on any atom is -0.444 e. The van der Waals surface area contributed by atoms with Gasteiger partial charge in [0.2, 0.25) is 0 Å². The van der Waals surface area contributed by atoms with Gasteiger partial charge in [-0.15, -0.1) is 0 Å². The summed E-state index contributed by atoms with van der Waals surface area (Å²) in [6.07, 6.45) is -6.61. The number of rotatable bonds is 4. The zero-order chi connectivity index (χ0) is 27.1. The molecule has 0 bridgehead atoms. The first-order valence-electron chi connectivity index (χ1n) is 11.8. The molecule has 1 N–H and O–H groups in total. The highest BCUT2D eigenvalue weighted by Gasteiger charge is 2.52. The van der Waals surface area contributed by atoms with Gasteiger partial charge in [-0.25, -0.2) is 4.79 Å². The van der Waals surface area contributed by atoms with Crippen molar-refractivity contribution in [3.05, 3.63) is 29.8 Å². The summed E-state index contributed by atoms with van der Waals surface area (Å²) in [5, 5.41) is 2.48. The minimum absolute atomic E-state index is 0.107. The van der Waals surface area contributed by atoms with Crippen LogP contribution in [0.2, 0.25) is 0 Å². The molecule has 3 rings (SSSR count). The quantitative estimate of drug-likeness (QED) is 0.621. The normalized spacial score (nSPS) is 23.9. The number of alkyl carbamates (subject to hydrolysis) is 1. The van der Waals surface area contributed by atoms with Gasteiger partial charge in [-0.3, -0.25) is 4.79 Å². The molecule has 1 unspecified atom stereocenters. The molecule has 1 aromatic carbocycles. The number of nitrogens with zero attached hydrogens (tertiary/aromatic N) is 1. The molecule has 2 heterocycles. The lowest BCUT2D eigenvalue weighted by Gasteiger charge is -2.40. The Bertz CT molecular complexity index is 946. The highest BCUT2D eigenvalue weighted by molar-refractivity contribution is 6.62. The number of nitrogens with one attached hydrogen (secondary N) is 1. The van der Waals surface area contributed by atoms with Crippen molar-refractivity contribution >= 4 is 24.6 Å². The third-order valence-electron chi connectivity index (χ3n) is 6.49. The molecular formula is C24H34BF3N2O6. The fourth-order valence-corrected chi connectivity index (χ4v) is 3.87. The van der Waals surface area contributed by atoms with Crippen molar-refractivity contribution in [2.45, 2.75) is 83.6 Å². The minimum atomic E-state index is -5.05. The molecule has 2 atom stereocenters. The van der Waals surface area contributed by atoms with Crippen LogP contribution in [0.5, 0.6) is 0 Å². The number of carbonyl (C=O) groups excluding carboxylic acids is 2. The van der Waals surface area contributed by atoms with Crippen molar-refractivity contribution < 1.29 is 41.5 Å². The average molecular weight is 514 g/mol. The molecule has 0 radical (unpaired) electrons. The number of alkyl halides is 3. The summed E-state index contributed by atoms with van der Waals surface area (Å²) in [5.74, 6) is -1.96. The molecule has 0 saturated carbocycles. The van der Waals surface area contributed by atoms with E-state index in [1.54, 1.807) is 45.0 Å². The van der Waals surface area contributed by atoms with Crippen LogP contribution in [0.4, 0.5) is 18.0 Å². The first kappa shape index (κ1) is 28.3. The van der Waals surface area contributed by atoms with Gasteiger partial charge in [-0.2, -0.15) is 13.2 Å². The number of carbonyl (C=O) groups is 2. The number of amides is 2. The Morgan fingerprint density at radius 2 is 1.64 bits per heavy atom. The van der Waals surface area contributed by atoms with Crippen LogP contribution >= 0.6 is 0 Å². The van der Waals surface area contributed by atoms with E-state index in [1.807, 2.05) is 27.7 Å². The van der Waals surface area contributed by atoms with E-state index in [1.165, 1.54) is 0 Å². The molecule has 0 aromatic heterocycles. The third-order valence-corrected chi connectivity index (χ3v) is 6.49. The molecular weight excluding hydrogens is 480 g/mol. The smallest absolute Gasteiger partial charge is 0.444 e. The number of benzene rings is 1.